The molecule has 0 aliphatic heterocycles. The van der Waals surface area contributed by atoms with Crippen LogP contribution in [0.5, 0.6) is 0 Å². The molecular formula is C18H41N3O6. The minimum Gasteiger partial charge on any atom is -0.481 e. The molecule has 0 rings (SSSR count). The zero-order valence-corrected chi connectivity index (χ0v) is 17.2. The number of carboxylic acids is 3. The molecule has 164 valence electrons. The summed E-state index contributed by atoms with van der Waals surface area (Å²) in [6.45, 7) is 7.27. The van der Waals surface area contributed by atoms with Gasteiger partial charge < -0.3 is 32.1 Å². The van der Waals surface area contributed by atoms with Crippen molar-refractivity contribution in [1.29, 1.82) is 0 Å². The molecule has 0 unspecified atom stereocenters. The van der Waals surface area contributed by atoms with Crippen molar-refractivity contribution in [2.75, 3.05) is 26.2 Å². The van der Waals surface area contributed by atoms with Gasteiger partial charge >= 0.3 is 0 Å². The molecule has 0 aromatic heterocycles. The Kier molecular flexibility index (Phi) is 39.0. The Morgan fingerprint density at radius 2 is 0.815 bits per heavy atom. The molecular weight excluding hydrogens is 354 g/mol. The second kappa shape index (κ2) is 32.0. The van der Waals surface area contributed by atoms with E-state index in [0.29, 0.717) is 0 Å². The van der Waals surface area contributed by atoms with E-state index in [4.69, 9.17) is 41.2 Å². The van der Waals surface area contributed by atoms with Gasteiger partial charge in [-0.25, -0.2) is 0 Å². The molecule has 9 nitrogen and oxygen atoms in total. The van der Waals surface area contributed by atoms with Gasteiger partial charge in [0.15, 0.2) is 0 Å². The van der Waals surface area contributed by atoms with Crippen molar-refractivity contribution in [3.05, 3.63) is 0 Å². The average Bonchev–Trinajstić information content (AvgIpc) is 2.51. The van der Waals surface area contributed by atoms with E-state index in [1.165, 1.54) is 64.5 Å². The van der Waals surface area contributed by atoms with Crippen LogP contribution in [0.25, 0.3) is 0 Å². The summed E-state index contributed by atoms with van der Waals surface area (Å²) >= 11 is 0. The molecule has 0 radical (unpaired) electrons. The van der Waals surface area contributed by atoms with Crippen LogP contribution >= 0.6 is 0 Å². The largest absolute Gasteiger partial charge is 0.481 e. The number of nitrogens with two attached hydrogens (primary N) is 2. The summed E-state index contributed by atoms with van der Waals surface area (Å²) in [6, 6.07) is 0. The van der Waals surface area contributed by atoms with Gasteiger partial charge in [0, 0.05) is 20.8 Å². The Morgan fingerprint density at radius 1 is 0.593 bits per heavy atom. The first kappa shape index (κ1) is 32.9. The topological polar surface area (TPSA) is 176 Å². The van der Waals surface area contributed by atoms with Gasteiger partial charge in [-0.1, -0.05) is 25.7 Å². The molecule has 0 amide bonds. The maximum atomic E-state index is 9.00. The molecule has 0 heterocycles. The molecule has 0 saturated heterocycles. The highest BCUT2D eigenvalue weighted by molar-refractivity contribution is 5.63. The van der Waals surface area contributed by atoms with Gasteiger partial charge in [0.2, 0.25) is 0 Å². The molecule has 0 fully saturated rings. The number of unbranched alkanes of at least 4 members (excludes halogenated alkanes) is 6. The lowest BCUT2D eigenvalue weighted by Crippen LogP contribution is -2.16. The fourth-order valence-corrected chi connectivity index (χ4v) is 1.62. The zero-order valence-electron chi connectivity index (χ0n) is 17.2. The molecule has 27 heavy (non-hydrogen) atoms. The summed E-state index contributed by atoms with van der Waals surface area (Å²) in [6.07, 6.45) is 10.2. The third-order valence-electron chi connectivity index (χ3n) is 2.62. The molecule has 9 heteroatoms. The van der Waals surface area contributed by atoms with Crippen LogP contribution < -0.4 is 16.8 Å². The summed E-state index contributed by atoms with van der Waals surface area (Å²) < 4.78 is 0. The lowest BCUT2D eigenvalue weighted by molar-refractivity contribution is -0.135. The Labute approximate surface area is 163 Å². The number of carbonyl (C=O) groups is 3. The fraction of sp³-hybridized carbons (Fsp3) is 0.833. The Balaban J connectivity index is -0.000000179. The first-order valence-corrected chi connectivity index (χ1v) is 9.31. The molecule has 0 spiro atoms. The van der Waals surface area contributed by atoms with E-state index in [-0.39, 0.29) is 0 Å². The quantitative estimate of drug-likeness (QED) is 0.269. The van der Waals surface area contributed by atoms with Crippen molar-refractivity contribution < 1.29 is 29.7 Å². The number of hydrogen-bond donors (Lipinski definition) is 6. The third kappa shape index (κ3) is 114. The van der Waals surface area contributed by atoms with Gasteiger partial charge in [0.1, 0.15) is 0 Å². The van der Waals surface area contributed by atoms with Gasteiger partial charge in [-0.2, -0.15) is 0 Å². The van der Waals surface area contributed by atoms with E-state index < -0.39 is 17.9 Å². The molecule has 8 N–H and O–H groups in total. The summed E-state index contributed by atoms with van der Waals surface area (Å²) in [4.78, 5) is 27.0. The normalized spacial score (nSPS) is 8.78. The van der Waals surface area contributed by atoms with Crippen molar-refractivity contribution >= 4 is 17.9 Å². The number of aliphatic carboxylic acids is 3. The monoisotopic (exact) mass is 395 g/mol. The van der Waals surface area contributed by atoms with Crippen LogP contribution in [0.4, 0.5) is 0 Å². The fourth-order valence-electron chi connectivity index (χ4n) is 1.62. The predicted octanol–water partition coefficient (Wildman–Crippen LogP) is 1.89. The molecule has 0 aromatic carbocycles. The SMILES string of the molecule is CC(=O)O.CC(=O)O.CC(=O)O.NCCCCCCNCCCCCCN. The summed E-state index contributed by atoms with van der Waals surface area (Å²) in [5.41, 5.74) is 10.8. The lowest BCUT2D eigenvalue weighted by Gasteiger charge is -2.04. The van der Waals surface area contributed by atoms with Crippen LogP contribution in [-0.4, -0.2) is 59.4 Å². The molecule has 0 bridgehead atoms. The highest BCUT2D eigenvalue weighted by Gasteiger charge is 1.91. The van der Waals surface area contributed by atoms with Crippen LogP contribution in [0, 0.1) is 0 Å². The van der Waals surface area contributed by atoms with E-state index in [9.17, 15) is 0 Å². The number of rotatable bonds is 12. The molecule has 0 saturated carbocycles. The van der Waals surface area contributed by atoms with Gasteiger partial charge in [0.25, 0.3) is 17.9 Å². The van der Waals surface area contributed by atoms with E-state index in [1.807, 2.05) is 0 Å². The number of nitrogens with one attached hydrogen (secondary N) is 1. The van der Waals surface area contributed by atoms with Crippen molar-refractivity contribution in [3.63, 3.8) is 0 Å². The van der Waals surface area contributed by atoms with Crippen LogP contribution in [0.3, 0.4) is 0 Å². The van der Waals surface area contributed by atoms with Crippen molar-refractivity contribution in [3.8, 4) is 0 Å². The number of carboxylic acid groups (broad SMARTS) is 3. The van der Waals surface area contributed by atoms with Crippen molar-refractivity contribution in [1.82, 2.24) is 5.32 Å². The molecule has 0 aliphatic rings. The first-order chi connectivity index (χ1) is 12.6. The maximum Gasteiger partial charge on any atom is 0.300 e. The van der Waals surface area contributed by atoms with Crippen LogP contribution in [0.1, 0.15) is 72.1 Å². The summed E-state index contributed by atoms with van der Waals surface area (Å²) in [7, 11) is 0. The average molecular weight is 396 g/mol. The Hall–Kier alpha value is -1.71. The van der Waals surface area contributed by atoms with Crippen LogP contribution in [0.2, 0.25) is 0 Å². The van der Waals surface area contributed by atoms with Gasteiger partial charge in [-0.05, 0) is 51.9 Å². The van der Waals surface area contributed by atoms with E-state index >= 15 is 0 Å². The summed E-state index contributed by atoms with van der Waals surface area (Å²) in [5.74, 6) is -2.50. The van der Waals surface area contributed by atoms with Gasteiger partial charge in [-0.3, -0.25) is 14.4 Å². The van der Waals surface area contributed by atoms with Gasteiger partial charge in [0.05, 0.1) is 0 Å². The smallest absolute Gasteiger partial charge is 0.300 e. The van der Waals surface area contributed by atoms with E-state index in [0.717, 1.165) is 33.9 Å². The Bertz CT molecular complexity index is 276. The Morgan fingerprint density at radius 3 is 1.04 bits per heavy atom. The minimum atomic E-state index is -0.833. The van der Waals surface area contributed by atoms with Crippen LogP contribution in [-0.2, 0) is 14.4 Å². The van der Waals surface area contributed by atoms with Crippen molar-refractivity contribution in [2.24, 2.45) is 11.5 Å². The standard InChI is InChI=1S/C12H29N3.3C2H4O2/c13-9-5-1-3-7-11-15-12-8-4-2-6-10-14;3*1-2(3)4/h15H,1-14H2;3*1H3,(H,3,4). The van der Waals surface area contributed by atoms with E-state index in [1.54, 1.807) is 0 Å². The zero-order chi connectivity index (χ0) is 21.9. The maximum absolute atomic E-state index is 9.00. The third-order valence-corrected chi connectivity index (χ3v) is 2.62. The molecule has 0 atom stereocenters. The summed E-state index contributed by atoms with van der Waals surface area (Å²) in [5, 5.41) is 25.7. The van der Waals surface area contributed by atoms with Gasteiger partial charge in [-0.15, -0.1) is 0 Å². The van der Waals surface area contributed by atoms with Crippen LogP contribution in [0.15, 0.2) is 0 Å². The number of hydrogen-bond acceptors (Lipinski definition) is 6. The highest BCUT2D eigenvalue weighted by Crippen LogP contribution is 1.98. The first-order valence-electron chi connectivity index (χ1n) is 9.31. The lowest BCUT2D eigenvalue weighted by atomic mass is 10.2. The predicted molar refractivity (Wildman–Crippen MR) is 108 cm³/mol. The highest BCUT2D eigenvalue weighted by atomic mass is 16.4. The molecule has 0 aromatic rings. The second-order valence-corrected chi connectivity index (χ2v) is 5.71. The van der Waals surface area contributed by atoms with Crippen molar-refractivity contribution in [2.45, 2.75) is 72.1 Å². The molecule has 0 aliphatic carbocycles. The van der Waals surface area contributed by atoms with E-state index in [2.05, 4.69) is 5.32 Å². The second-order valence-electron chi connectivity index (χ2n) is 5.71. The minimum absolute atomic E-state index is 0.833.